The fourth-order valence-corrected chi connectivity index (χ4v) is 4.49. The van der Waals surface area contributed by atoms with Crippen LogP contribution in [-0.2, 0) is 9.59 Å². The number of rotatable bonds is 12. The molecule has 0 aliphatic rings. The minimum atomic E-state index is -0.894. The lowest BCUT2D eigenvalue weighted by molar-refractivity contribution is -0.137. The Morgan fingerprint density at radius 1 is 0.816 bits per heavy atom. The summed E-state index contributed by atoms with van der Waals surface area (Å²) < 4.78 is 5.25. The number of hydrogen-bond donors (Lipinski definition) is 1. The predicted octanol–water partition coefficient (Wildman–Crippen LogP) is 6.29. The van der Waals surface area contributed by atoms with Crippen molar-refractivity contribution < 1.29 is 24.2 Å². The Balaban J connectivity index is 1.79. The van der Waals surface area contributed by atoms with Crippen LogP contribution in [0.1, 0.15) is 47.2 Å². The Morgan fingerprint density at radius 2 is 1.39 bits per heavy atom. The number of ether oxygens (including phenoxy) is 1. The summed E-state index contributed by atoms with van der Waals surface area (Å²) in [6.45, 7) is 4.50. The molecule has 0 unspecified atom stereocenters. The molecule has 0 radical (unpaired) electrons. The van der Waals surface area contributed by atoms with E-state index in [1.165, 1.54) is 0 Å². The normalized spacial score (nSPS) is 10.6. The average Bonchev–Trinajstić information content (AvgIpc) is 2.90. The quantitative estimate of drug-likeness (QED) is 0.294. The van der Waals surface area contributed by atoms with E-state index in [9.17, 15) is 14.4 Å². The van der Waals surface area contributed by atoms with Crippen molar-refractivity contribution >= 4 is 40.8 Å². The largest absolute Gasteiger partial charge is 0.497 e. The Labute approximate surface area is 228 Å². The number of aliphatic carboxylic acids is 1. The first-order valence-electron chi connectivity index (χ1n) is 12.5. The van der Waals surface area contributed by atoms with Gasteiger partial charge in [0.05, 0.1) is 7.11 Å². The number of carboxylic acid groups (broad SMARTS) is 1. The maximum Gasteiger partial charge on any atom is 0.303 e. The molecule has 0 atom stereocenters. The number of carbonyl (C=O) groups excluding carboxylic acids is 2. The van der Waals surface area contributed by atoms with Crippen LogP contribution < -0.4 is 14.5 Å². The van der Waals surface area contributed by atoms with Crippen molar-refractivity contribution in [3.63, 3.8) is 0 Å². The smallest absolute Gasteiger partial charge is 0.303 e. The summed E-state index contributed by atoms with van der Waals surface area (Å²) in [4.78, 5) is 41.3. The summed E-state index contributed by atoms with van der Waals surface area (Å²) >= 11 is 6.01. The van der Waals surface area contributed by atoms with Gasteiger partial charge in [0.2, 0.25) is 5.91 Å². The summed E-state index contributed by atoms with van der Waals surface area (Å²) in [7, 11) is 1.58. The van der Waals surface area contributed by atoms with Gasteiger partial charge < -0.3 is 19.6 Å². The molecule has 3 rings (SSSR count). The molecule has 3 aromatic carbocycles. The van der Waals surface area contributed by atoms with E-state index in [0.29, 0.717) is 48.0 Å². The lowest BCUT2D eigenvalue weighted by Crippen LogP contribution is -2.35. The molecule has 8 heteroatoms. The number of carbonyl (C=O) groups is 3. The zero-order valence-electron chi connectivity index (χ0n) is 21.9. The van der Waals surface area contributed by atoms with Gasteiger partial charge in [0.1, 0.15) is 5.75 Å². The maximum atomic E-state index is 13.4. The van der Waals surface area contributed by atoms with Gasteiger partial charge in [0.25, 0.3) is 5.91 Å². The highest BCUT2D eigenvalue weighted by Crippen LogP contribution is 2.27. The first kappa shape index (κ1) is 28.7. The summed E-state index contributed by atoms with van der Waals surface area (Å²) in [5.74, 6) is -0.531. The van der Waals surface area contributed by atoms with Crippen LogP contribution in [0.25, 0.3) is 0 Å². The minimum absolute atomic E-state index is 0.0183. The van der Waals surface area contributed by atoms with Gasteiger partial charge >= 0.3 is 5.97 Å². The summed E-state index contributed by atoms with van der Waals surface area (Å²) in [5, 5.41) is 9.63. The number of methoxy groups -OCH3 is 1. The molecule has 2 amide bonds. The monoisotopic (exact) mass is 536 g/mol. The first-order chi connectivity index (χ1) is 18.2. The molecule has 0 spiro atoms. The summed E-state index contributed by atoms with van der Waals surface area (Å²) in [6.07, 6.45) is 0.948. The highest BCUT2D eigenvalue weighted by molar-refractivity contribution is 6.30. The van der Waals surface area contributed by atoms with Gasteiger partial charge in [-0.25, -0.2) is 0 Å². The van der Waals surface area contributed by atoms with Crippen molar-refractivity contribution in [1.82, 2.24) is 0 Å². The van der Waals surface area contributed by atoms with E-state index < -0.39 is 5.97 Å². The number of hydrogen-bond acceptors (Lipinski definition) is 4. The topological polar surface area (TPSA) is 87.2 Å². The predicted molar refractivity (Wildman–Crippen MR) is 150 cm³/mol. The Hall–Kier alpha value is -3.84. The lowest BCUT2D eigenvalue weighted by atomic mass is 10.1. The van der Waals surface area contributed by atoms with Crippen LogP contribution in [0.5, 0.6) is 5.75 Å². The molecule has 38 heavy (non-hydrogen) atoms. The Morgan fingerprint density at radius 3 is 1.97 bits per heavy atom. The highest BCUT2D eigenvalue weighted by Gasteiger charge is 2.22. The number of halogens is 1. The lowest BCUT2D eigenvalue weighted by Gasteiger charge is -2.27. The van der Waals surface area contributed by atoms with E-state index >= 15 is 0 Å². The number of carboxylic acids is 1. The van der Waals surface area contributed by atoms with E-state index in [0.717, 1.165) is 16.8 Å². The van der Waals surface area contributed by atoms with E-state index in [1.807, 2.05) is 44.2 Å². The zero-order chi connectivity index (χ0) is 27.7. The molecule has 0 aromatic heterocycles. The van der Waals surface area contributed by atoms with Crippen LogP contribution in [0, 0.1) is 13.8 Å². The van der Waals surface area contributed by atoms with E-state index in [4.69, 9.17) is 21.4 Å². The second kappa shape index (κ2) is 13.6. The standard InChI is InChI=1S/C30H33ClN2O5/c1-21-7-4-8-22(2)29(21)33(20-6-10-28(35)36)27(34)9-5-19-32(25-15-17-26(38-3)18-16-25)30(37)23-11-13-24(31)14-12-23/h4,7-8,11-18H,5-6,9-10,19-20H2,1-3H3,(H,35,36). The van der Waals surface area contributed by atoms with Gasteiger partial charge in [0.15, 0.2) is 0 Å². The molecule has 0 aliphatic carbocycles. The van der Waals surface area contributed by atoms with Crippen molar-refractivity contribution in [3.8, 4) is 5.75 Å². The molecule has 0 aliphatic heterocycles. The number of nitrogens with zero attached hydrogens (tertiary/aromatic N) is 2. The summed E-state index contributed by atoms with van der Waals surface area (Å²) in [5.41, 5.74) is 3.89. The van der Waals surface area contributed by atoms with Crippen LogP contribution >= 0.6 is 11.6 Å². The van der Waals surface area contributed by atoms with Gasteiger partial charge in [-0.15, -0.1) is 0 Å². The van der Waals surface area contributed by atoms with Crippen molar-refractivity contribution in [2.45, 2.75) is 39.5 Å². The third kappa shape index (κ3) is 7.59. The maximum absolute atomic E-state index is 13.4. The number of aryl methyl sites for hydroxylation is 2. The second-order valence-electron chi connectivity index (χ2n) is 9.05. The van der Waals surface area contributed by atoms with Crippen LogP contribution in [0.2, 0.25) is 5.02 Å². The molecule has 0 bridgehead atoms. The van der Waals surface area contributed by atoms with E-state index in [1.54, 1.807) is 53.3 Å². The van der Waals surface area contributed by atoms with Crippen molar-refractivity contribution in [1.29, 1.82) is 0 Å². The Kier molecular flexibility index (Phi) is 10.3. The van der Waals surface area contributed by atoms with Gasteiger partial charge in [-0.2, -0.15) is 0 Å². The molecule has 0 heterocycles. The average molecular weight is 537 g/mol. The summed E-state index contributed by atoms with van der Waals surface area (Å²) in [6, 6.07) is 19.7. The molecule has 0 saturated carbocycles. The van der Waals surface area contributed by atoms with Crippen LogP contribution in [0.4, 0.5) is 11.4 Å². The van der Waals surface area contributed by atoms with Crippen molar-refractivity contribution in [2.24, 2.45) is 0 Å². The number of para-hydroxylation sites is 1. The van der Waals surface area contributed by atoms with Gasteiger partial charge in [-0.05, 0) is 86.3 Å². The Bertz CT molecular complexity index is 1240. The molecule has 3 aromatic rings. The van der Waals surface area contributed by atoms with Crippen LogP contribution in [0.3, 0.4) is 0 Å². The van der Waals surface area contributed by atoms with Gasteiger partial charge in [-0.3, -0.25) is 14.4 Å². The second-order valence-corrected chi connectivity index (χ2v) is 9.48. The highest BCUT2D eigenvalue weighted by atomic mass is 35.5. The minimum Gasteiger partial charge on any atom is -0.497 e. The first-order valence-corrected chi connectivity index (χ1v) is 12.9. The molecule has 0 saturated heterocycles. The van der Waals surface area contributed by atoms with E-state index in [2.05, 4.69) is 0 Å². The van der Waals surface area contributed by atoms with Gasteiger partial charge in [-0.1, -0.05) is 29.8 Å². The molecule has 200 valence electrons. The number of anilines is 2. The molecule has 0 fully saturated rings. The molecular weight excluding hydrogens is 504 g/mol. The number of benzene rings is 3. The zero-order valence-corrected chi connectivity index (χ0v) is 22.7. The fourth-order valence-electron chi connectivity index (χ4n) is 4.36. The SMILES string of the molecule is COc1ccc(N(CCCC(=O)N(CCCC(=O)O)c2c(C)cccc2C)C(=O)c2ccc(Cl)cc2)cc1. The third-order valence-corrected chi connectivity index (χ3v) is 6.53. The third-order valence-electron chi connectivity index (χ3n) is 6.28. The van der Waals surface area contributed by atoms with Crippen LogP contribution in [-0.4, -0.2) is 43.1 Å². The van der Waals surface area contributed by atoms with Crippen molar-refractivity contribution in [2.75, 3.05) is 30.0 Å². The van der Waals surface area contributed by atoms with Crippen LogP contribution in [0.15, 0.2) is 66.7 Å². The van der Waals surface area contributed by atoms with Crippen molar-refractivity contribution in [3.05, 3.63) is 88.4 Å². The van der Waals surface area contributed by atoms with Gasteiger partial charge in [0, 0.05) is 47.9 Å². The molecular formula is C30H33ClN2O5. The number of amides is 2. The molecule has 1 N–H and O–H groups in total. The molecule has 7 nitrogen and oxygen atoms in total. The van der Waals surface area contributed by atoms with E-state index in [-0.39, 0.29) is 24.7 Å². The fraction of sp³-hybridized carbons (Fsp3) is 0.300.